The summed E-state index contributed by atoms with van der Waals surface area (Å²) in [5.74, 6) is -0.760. The van der Waals surface area contributed by atoms with E-state index in [1.54, 1.807) is 6.07 Å². The quantitative estimate of drug-likeness (QED) is 0.893. The van der Waals surface area contributed by atoms with Crippen LogP contribution in [0.1, 0.15) is 32.1 Å². The van der Waals surface area contributed by atoms with Crippen molar-refractivity contribution in [3.8, 4) is 0 Å². The molecule has 1 aliphatic rings. The van der Waals surface area contributed by atoms with Crippen LogP contribution in [0, 0.1) is 5.41 Å². The lowest BCUT2D eigenvalue weighted by molar-refractivity contribution is -0.150. The first-order chi connectivity index (χ1) is 9.03. The summed E-state index contributed by atoms with van der Waals surface area (Å²) in [4.78, 5) is 11.5. The largest absolute Gasteiger partial charge is 0.481 e. The van der Waals surface area contributed by atoms with Gasteiger partial charge in [-0.05, 0) is 12.8 Å². The molecule has 104 valence electrons. The number of hydrogen-bond acceptors (Lipinski definition) is 4. The van der Waals surface area contributed by atoms with Crippen LogP contribution < -0.4 is 5.32 Å². The number of halogens is 2. The predicted octanol–water partition coefficient (Wildman–Crippen LogP) is 3.23. The van der Waals surface area contributed by atoms with Gasteiger partial charge in [-0.2, -0.15) is 0 Å². The second-order valence-electron chi connectivity index (χ2n) is 4.87. The molecule has 0 aliphatic heterocycles. The molecule has 0 spiro atoms. The average Bonchev–Trinajstić information content (AvgIpc) is 2.41. The minimum atomic E-state index is -0.760. The van der Waals surface area contributed by atoms with Crippen LogP contribution >= 0.6 is 23.2 Å². The smallest absolute Gasteiger partial charge is 0.311 e. The molecule has 0 radical (unpaired) electrons. The number of carbonyl (C=O) groups is 1. The van der Waals surface area contributed by atoms with Crippen molar-refractivity contribution < 1.29 is 9.90 Å². The molecule has 1 fully saturated rings. The first-order valence-corrected chi connectivity index (χ1v) is 6.95. The maximum Gasteiger partial charge on any atom is 0.311 e. The van der Waals surface area contributed by atoms with Crippen molar-refractivity contribution in [1.82, 2.24) is 10.2 Å². The summed E-state index contributed by atoms with van der Waals surface area (Å²) in [5, 5.41) is 20.2. The zero-order chi connectivity index (χ0) is 13.9. The van der Waals surface area contributed by atoms with E-state index in [-0.39, 0.29) is 10.3 Å². The lowest BCUT2D eigenvalue weighted by Gasteiger charge is -2.33. The fraction of sp³-hybridized carbons (Fsp3) is 0.583. The molecule has 2 N–H and O–H groups in total. The molecule has 0 bridgehead atoms. The Bertz CT molecular complexity index is 476. The Labute approximate surface area is 121 Å². The zero-order valence-electron chi connectivity index (χ0n) is 10.3. The SMILES string of the molecule is O=C(O)C1(CNc2cc(Cl)nnc2Cl)CCCCC1. The van der Waals surface area contributed by atoms with Crippen molar-refractivity contribution >= 4 is 34.9 Å². The van der Waals surface area contributed by atoms with E-state index in [2.05, 4.69) is 15.5 Å². The van der Waals surface area contributed by atoms with Crippen molar-refractivity contribution in [3.05, 3.63) is 16.4 Å². The van der Waals surface area contributed by atoms with E-state index in [0.717, 1.165) is 19.3 Å². The van der Waals surface area contributed by atoms with Gasteiger partial charge < -0.3 is 10.4 Å². The lowest BCUT2D eigenvalue weighted by atomic mass is 9.74. The number of nitrogens with zero attached hydrogens (tertiary/aromatic N) is 2. The minimum absolute atomic E-state index is 0.195. The summed E-state index contributed by atoms with van der Waals surface area (Å²) in [7, 11) is 0. The number of anilines is 1. The van der Waals surface area contributed by atoms with Crippen LogP contribution in [0.2, 0.25) is 10.3 Å². The second-order valence-corrected chi connectivity index (χ2v) is 5.62. The van der Waals surface area contributed by atoms with Gasteiger partial charge in [0.05, 0.1) is 11.1 Å². The van der Waals surface area contributed by atoms with E-state index < -0.39 is 11.4 Å². The normalized spacial score (nSPS) is 18.0. The van der Waals surface area contributed by atoms with Crippen molar-refractivity contribution in [2.75, 3.05) is 11.9 Å². The number of aromatic nitrogens is 2. The van der Waals surface area contributed by atoms with Crippen molar-refractivity contribution in [2.24, 2.45) is 5.41 Å². The molecule has 0 aromatic carbocycles. The maximum atomic E-state index is 11.5. The Morgan fingerprint density at radius 1 is 1.32 bits per heavy atom. The molecule has 1 aromatic heterocycles. The number of carboxylic acid groups (broad SMARTS) is 1. The number of rotatable bonds is 4. The third-order valence-electron chi connectivity index (χ3n) is 3.60. The number of hydrogen-bond donors (Lipinski definition) is 2. The van der Waals surface area contributed by atoms with Crippen LogP contribution in [0.3, 0.4) is 0 Å². The van der Waals surface area contributed by atoms with Gasteiger partial charge in [-0.1, -0.05) is 42.5 Å². The van der Waals surface area contributed by atoms with E-state index >= 15 is 0 Å². The fourth-order valence-electron chi connectivity index (χ4n) is 2.44. The third-order valence-corrected chi connectivity index (χ3v) is 4.06. The molecule has 0 saturated heterocycles. The molecule has 1 saturated carbocycles. The Hall–Kier alpha value is -1.07. The second kappa shape index (κ2) is 5.92. The monoisotopic (exact) mass is 303 g/mol. The predicted molar refractivity (Wildman–Crippen MR) is 73.7 cm³/mol. The van der Waals surface area contributed by atoms with Gasteiger partial charge in [-0.25, -0.2) is 0 Å². The van der Waals surface area contributed by atoms with Gasteiger partial charge in [0.2, 0.25) is 0 Å². The van der Waals surface area contributed by atoms with E-state index in [1.807, 2.05) is 0 Å². The molecule has 1 aliphatic carbocycles. The third kappa shape index (κ3) is 3.28. The van der Waals surface area contributed by atoms with Gasteiger partial charge in [0.1, 0.15) is 0 Å². The van der Waals surface area contributed by atoms with Crippen LogP contribution in [0.15, 0.2) is 6.07 Å². The van der Waals surface area contributed by atoms with Crippen LogP contribution in [0.5, 0.6) is 0 Å². The summed E-state index contributed by atoms with van der Waals surface area (Å²) < 4.78 is 0. The zero-order valence-corrected chi connectivity index (χ0v) is 11.8. The molecule has 19 heavy (non-hydrogen) atoms. The van der Waals surface area contributed by atoms with Crippen LogP contribution in [-0.2, 0) is 4.79 Å². The lowest BCUT2D eigenvalue weighted by Crippen LogP contribution is -2.39. The molecule has 0 amide bonds. The number of aliphatic carboxylic acids is 1. The maximum absolute atomic E-state index is 11.5. The highest BCUT2D eigenvalue weighted by Crippen LogP contribution is 2.37. The Kier molecular flexibility index (Phi) is 4.47. The van der Waals surface area contributed by atoms with Gasteiger partial charge in [0.15, 0.2) is 10.3 Å². The minimum Gasteiger partial charge on any atom is -0.481 e. The summed E-state index contributed by atoms with van der Waals surface area (Å²) in [5.41, 5.74) is -0.204. The number of carboxylic acids is 1. The van der Waals surface area contributed by atoms with Gasteiger partial charge in [0, 0.05) is 12.6 Å². The van der Waals surface area contributed by atoms with E-state index in [1.165, 1.54) is 0 Å². The van der Waals surface area contributed by atoms with E-state index in [0.29, 0.717) is 25.1 Å². The molecule has 7 heteroatoms. The molecule has 1 aromatic rings. The highest BCUT2D eigenvalue weighted by atomic mass is 35.5. The van der Waals surface area contributed by atoms with E-state index in [9.17, 15) is 9.90 Å². The Morgan fingerprint density at radius 2 is 2.00 bits per heavy atom. The highest BCUT2D eigenvalue weighted by Gasteiger charge is 2.39. The van der Waals surface area contributed by atoms with Crippen LogP contribution in [0.25, 0.3) is 0 Å². The van der Waals surface area contributed by atoms with Crippen molar-refractivity contribution in [1.29, 1.82) is 0 Å². The Balaban J connectivity index is 2.10. The van der Waals surface area contributed by atoms with Crippen molar-refractivity contribution in [2.45, 2.75) is 32.1 Å². The van der Waals surface area contributed by atoms with Gasteiger partial charge in [0.25, 0.3) is 0 Å². The summed E-state index contributed by atoms with van der Waals surface area (Å²) in [6, 6.07) is 1.55. The molecule has 5 nitrogen and oxygen atoms in total. The molecular formula is C12H15Cl2N3O2. The number of nitrogens with one attached hydrogen (secondary N) is 1. The first-order valence-electron chi connectivity index (χ1n) is 6.19. The highest BCUT2D eigenvalue weighted by molar-refractivity contribution is 6.33. The molecular weight excluding hydrogens is 289 g/mol. The first kappa shape index (κ1) is 14.3. The fourth-order valence-corrected chi connectivity index (χ4v) is 2.74. The Morgan fingerprint density at radius 3 is 2.63 bits per heavy atom. The standard InChI is InChI=1S/C12H15Cl2N3O2/c13-9-6-8(10(14)17-16-9)15-7-12(11(18)19)4-2-1-3-5-12/h6H,1-5,7H2,(H,15,16)(H,18,19). The molecule has 0 unspecified atom stereocenters. The molecule has 1 heterocycles. The van der Waals surface area contributed by atoms with E-state index in [4.69, 9.17) is 23.2 Å². The van der Waals surface area contributed by atoms with Gasteiger partial charge in [-0.15, -0.1) is 10.2 Å². The summed E-state index contributed by atoms with van der Waals surface area (Å²) in [6.45, 7) is 0.323. The average molecular weight is 304 g/mol. The topological polar surface area (TPSA) is 75.1 Å². The summed E-state index contributed by atoms with van der Waals surface area (Å²) in [6.07, 6.45) is 4.34. The van der Waals surface area contributed by atoms with Gasteiger partial charge in [-0.3, -0.25) is 4.79 Å². The van der Waals surface area contributed by atoms with Gasteiger partial charge >= 0.3 is 5.97 Å². The van der Waals surface area contributed by atoms with Crippen LogP contribution in [0.4, 0.5) is 5.69 Å². The van der Waals surface area contributed by atoms with Crippen LogP contribution in [-0.4, -0.2) is 27.8 Å². The van der Waals surface area contributed by atoms with Crippen molar-refractivity contribution in [3.63, 3.8) is 0 Å². The molecule has 2 rings (SSSR count). The molecule has 0 atom stereocenters. The summed E-state index contributed by atoms with van der Waals surface area (Å²) >= 11 is 11.6.